The summed E-state index contributed by atoms with van der Waals surface area (Å²) in [6.45, 7) is 1.30. The van der Waals surface area contributed by atoms with Gasteiger partial charge in [0.2, 0.25) is 5.91 Å². The van der Waals surface area contributed by atoms with E-state index in [0.29, 0.717) is 37.3 Å². The lowest BCUT2D eigenvalue weighted by Gasteiger charge is -2.32. The summed E-state index contributed by atoms with van der Waals surface area (Å²) < 4.78 is 1.88. The number of hydrogen-bond donors (Lipinski definition) is 1. The van der Waals surface area contributed by atoms with Gasteiger partial charge in [-0.2, -0.15) is 5.10 Å². The number of hydrogen-bond acceptors (Lipinski definition) is 4. The van der Waals surface area contributed by atoms with Crippen molar-refractivity contribution in [2.75, 3.05) is 18.4 Å². The van der Waals surface area contributed by atoms with Gasteiger partial charge >= 0.3 is 0 Å². The van der Waals surface area contributed by atoms with Gasteiger partial charge in [0.25, 0.3) is 5.91 Å². The summed E-state index contributed by atoms with van der Waals surface area (Å²) in [5.41, 5.74) is 1.76. The Morgan fingerprint density at radius 3 is 2.53 bits per heavy atom. The Morgan fingerprint density at radius 2 is 1.80 bits per heavy atom. The molecular formula is C23H25N5O2. The molecule has 1 saturated heterocycles. The van der Waals surface area contributed by atoms with Crippen molar-refractivity contribution in [1.82, 2.24) is 19.7 Å². The van der Waals surface area contributed by atoms with Crippen LogP contribution in [0.2, 0.25) is 0 Å². The molecule has 2 amide bonds. The molecule has 4 rings (SSSR count). The van der Waals surface area contributed by atoms with Gasteiger partial charge in [-0.15, -0.1) is 0 Å². The predicted molar refractivity (Wildman–Crippen MR) is 114 cm³/mol. The number of anilines is 1. The van der Waals surface area contributed by atoms with Gasteiger partial charge in [-0.3, -0.25) is 14.6 Å². The zero-order valence-electron chi connectivity index (χ0n) is 16.8. The number of carbonyl (C=O) groups excluding carboxylic acids is 2. The topological polar surface area (TPSA) is 80.1 Å². The molecule has 30 heavy (non-hydrogen) atoms. The van der Waals surface area contributed by atoms with E-state index in [2.05, 4.69) is 15.4 Å². The van der Waals surface area contributed by atoms with E-state index in [1.54, 1.807) is 30.7 Å². The first-order valence-corrected chi connectivity index (χ1v) is 10.3. The molecule has 0 unspecified atom stereocenters. The fourth-order valence-electron chi connectivity index (χ4n) is 3.80. The van der Waals surface area contributed by atoms with Gasteiger partial charge in [0, 0.05) is 38.0 Å². The molecule has 1 N–H and O–H groups in total. The minimum Gasteiger partial charge on any atom is -0.338 e. The smallest absolute Gasteiger partial charge is 0.255 e. The number of likely N-dealkylation sites (tertiary alicyclic amines) is 1. The highest BCUT2D eigenvalue weighted by molar-refractivity contribution is 5.94. The van der Waals surface area contributed by atoms with Crippen LogP contribution in [0.25, 0.3) is 0 Å². The maximum atomic E-state index is 12.6. The first kappa shape index (κ1) is 19.8. The molecule has 1 aromatic carbocycles. The second-order valence-electron chi connectivity index (χ2n) is 7.46. The summed E-state index contributed by atoms with van der Waals surface area (Å²) in [7, 11) is 0. The largest absolute Gasteiger partial charge is 0.338 e. The van der Waals surface area contributed by atoms with E-state index in [-0.39, 0.29) is 17.9 Å². The van der Waals surface area contributed by atoms with Gasteiger partial charge in [-0.05, 0) is 37.0 Å². The molecule has 7 heteroatoms. The molecule has 3 aromatic rings. The summed E-state index contributed by atoms with van der Waals surface area (Å²) in [4.78, 5) is 30.9. The molecular weight excluding hydrogens is 378 g/mol. The Kier molecular flexibility index (Phi) is 6.17. The molecule has 2 aromatic heterocycles. The molecule has 1 fully saturated rings. The molecule has 7 nitrogen and oxygen atoms in total. The lowest BCUT2D eigenvalue weighted by Crippen LogP contribution is -2.39. The van der Waals surface area contributed by atoms with Gasteiger partial charge in [-0.25, -0.2) is 4.68 Å². The second-order valence-corrected chi connectivity index (χ2v) is 7.46. The van der Waals surface area contributed by atoms with Crippen molar-refractivity contribution in [3.8, 4) is 0 Å². The average Bonchev–Trinajstić information content (AvgIpc) is 3.26. The van der Waals surface area contributed by atoms with Crippen LogP contribution in [0, 0.1) is 0 Å². The monoisotopic (exact) mass is 403 g/mol. The number of piperidine rings is 1. The van der Waals surface area contributed by atoms with Crippen LogP contribution >= 0.6 is 0 Å². The number of amides is 2. The quantitative estimate of drug-likeness (QED) is 0.685. The fraction of sp³-hybridized carbons (Fsp3) is 0.304. The van der Waals surface area contributed by atoms with Crippen LogP contribution < -0.4 is 5.32 Å². The molecule has 1 aliphatic rings. The van der Waals surface area contributed by atoms with E-state index in [9.17, 15) is 9.59 Å². The Morgan fingerprint density at radius 1 is 1.00 bits per heavy atom. The zero-order valence-corrected chi connectivity index (χ0v) is 16.8. The fourth-order valence-corrected chi connectivity index (χ4v) is 3.80. The van der Waals surface area contributed by atoms with E-state index < -0.39 is 0 Å². The van der Waals surface area contributed by atoms with E-state index in [1.165, 1.54) is 0 Å². The van der Waals surface area contributed by atoms with Crippen LogP contribution in [0.5, 0.6) is 0 Å². The third-order valence-corrected chi connectivity index (χ3v) is 5.43. The minimum atomic E-state index is -0.0233. The maximum Gasteiger partial charge on any atom is 0.255 e. The number of nitrogens with one attached hydrogen (secondary N) is 1. The molecule has 3 heterocycles. The highest BCUT2D eigenvalue weighted by Gasteiger charge is 2.26. The summed E-state index contributed by atoms with van der Waals surface area (Å²) in [6.07, 6.45) is 7.69. The molecule has 154 valence electrons. The number of benzene rings is 1. The van der Waals surface area contributed by atoms with Crippen molar-refractivity contribution in [3.05, 3.63) is 78.2 Å². The van der Waals surface area contributed by atoms with Crippen LogP contribution in [0.1, 0.15) is 41.2 Å². The SMILES string of the molecule is O=C(CCc1ccccc1)Nc1ccnn1C1CCN(C(=O)c2cccnc2)CC1. The Labute approximate surface area is 175 Å². The lowest BCUT2D eigenvalue weighted by molar-refractivity contribution is -0.116. The molecule has 1 aliphatic heterocycles. The third kappa shape index (κ3) is 4.74. The van der Waals surface area contributed by atoms with Crippen LogP contribution in [-0.4, -0.2) is 44.6 Å². The molecule has 0 aliphatic carbocycles. The standard InChI is InChI=1S/C23H25N5O2/c29-22(9-8-18-5-2-1-3-6-18)26-21-10-14-25-28(21)20-11-15-27(16-12-20)23(30)19-7-4-13-24-17-19/h1-7,10,13-14,17,20H,8-9,11-12,15-16H2,(H,26,29). The normalized spacial score (nSPS) is 14.5. The van der Waals surface area contributed by atoms with Crippen molar-refractivity contribution in [2.24, 2.45) is 0 Å². The van der Waals surface area contributed by atoms with E-state index in [4.69, 9.17) is 0 Å². The van der Waals surface area contributed by atoms with Crippen LogP contribution in [0.4, 0.5) is 5.82 Å². The van der Waals surface area contributed by atoms with Gasteiger partial charge in [-0.1, -0.05) is 30.3 Å². The molecule has 0 spiro atoms. The maximum absolute atomic E-state index is 12.6. The van der Waals surface area contributed by atoms with Gasteiger partial charge < -0.3 is 10.2 Å². The number of rotatable bonds is 6. The number of aryl methyl sites for hydroxylation is 1. The van der Waals surface area contributed by atoms with Gasteiger partial charge in [0.05, 0.1) is 17.8 Å². The predicted octanol–water partition coefficient (Wildman–Crippen LogP) is 3.33. The Balaban J connectivity index is 1.31. The molecule has 0 saturated carbocycles. The zero-order chi connectivity index (χ0) is 20.8. The Bertz CT molecular complexity index is 979. The second kappa shape index (κ2) is 9.35. The van der Waals surface area contributed by atoms with Crippen molar-refractivity contribution in [2.45, 2.75) is 31.7 Å². The highest BCUT2D eigenvalue weighted by Crippen LogP contribution is 2.26. The minimum absolute atomic E-state index is 0.0106. The summed E-state index contributed by atoms with van der Waals surface area (Å²) in [6, 6.07) is 15.5. The molecule has 0 atom stereocenters. The van der Waals surface area contributed by atoms with E-state index in [0.717, 1.165) is 18.4 Å². The number of pyridine rings is 1. The van der Waals surface area contributed by atoms with Crippen LogP contribution in [0.15, 0.2) is 67.1 Å². The first-order chi connectivity index (χ1) is 14.7. The van der Waals surface area contributed by atoms with Crippen molar-refractivity contribution >= 4 is 17.6 Å². The summed E-state index contributed by atoms with van der Waals surface area (Å²) >= 11 is 0. The van der Waals surface area contributed by atoms with Gasteiger partial charge in [0.1, 0.15) is 5.82 Å². The van der Waals surface area contributed by atoms with Gasteiger partial charge in [0.15, 0.2) is 0 Å². The first-order valence-electron chi connectivity index (χ1n) is 10.3. The lowest BCUT2D eigenvalue weighted by atomic mass is 10.0. The summed E-state index contributed by atoms with van der Waals surface area (Å²) in [5.74, 6) is 0.700. The summed E-state index contributed by atoms with van der Waals surface area (Å²) in [5, 5.41) is 7.42. The van der Waals surface area contributed by atoms with E-state index >= 15 is 0 Å². The van der Waals surface area contributed by atoms with Crippen LogP contribution in [0.3, 0.4) is 0 Å². The highest BCUT2D eigenvalue weighted by atomic mass is 16.2. The third-order valence-electron chi connectivity index (χ3n) is 5.43. The van der Waals surface area contributed by atoms with Crippen LogP contribution in [-0.2, 0) is 11.2 Å². The van der Waals surface area contributed by atoms with Crippen molar-refractivity contribution in [1.29, 1.82) is 0 Å². The van der Waals surface area contributed by atoms with E-state index in [1.807, 2.05) is 46.0 Å². The molecule has 0 radical (unpaired) electrons. The number of aromatic nitrogens is 3. The molecule has 0 bridgehead atoms. The average molecular weight is 403 g/mol. The van der Waals surface area contributed by atoms with Crippen molar-refractivity contribution in [3.63, 3.8) is 0 Å². The number of carbonyl (C=O) groups is 2. The number of nitrogens with zero attached hydrogens (tertiary/aromatic N) is 4. The Hall–Kier alpha value is -3.48. The van der Waals surface area contributed by atoms with Crippen molar-refractivity contribution < 1.29 is 9.59 Å².